The van der Waals surface area contributed by atoms with Gasteiger partial charge in [0.25, 0.3) is 5.91 Å². The van der Waals surface area contributed by atoms with Gasteiger partial charge in [0, 0.05) is 23.0 Å². The molecule has 1 spiro atoms. The Bertz CT molecular complexity index is 905. The van der Waals surface area contributed by atoms with E-state index in [1.165, 1.54) is 0 Å². The molecule has 28 heavy (non-hydrogen) atoms. The number of halogens is 1. The van der Waals surface area contributed by atoms with Gasteiger partial charge in [0.2, 0.25) is 5.91 Å². The maximum Gasteiger partial charge on any atom is 0.252 e. The van der Waals surface area contributed by atoms with Gasteiger partial charge in [-0.25, -0.2) is 4.98 Å². The molecule has 4 rings (SSSR count). The second-order valence-electron chi connectivity index (χ2n) is 7.79. The van der Waals surface area contributed by atoms with Gasteiger partial charge in [-0.3, -0.25) is 9.59 Å². The van der Waals surface area contributed by atoms with E-state index in [0.717, 1.165) is 16.4 Å². The number of amides is 2. The van der Waals surface area contributed by atoms with Crippen LogP contribution in [0.5, 0.6) is 0 Å². The van der Waals surface area contributed by atoms with Crippen molar-refractivity contribution in [2.75, 3.05) is 24.5 Å². The van der Waals surface area contributed by atoms with Crippen molar-refractivity contribution in [1.29, 1.82) is 0 Å². The third-order valence-corrected chi connectivity index (χ3v) is 6.71. The fourth-order valence-corrected chi connectivity index (χ4v) is 4.80. The van der Waals surface area contributed by atoms with Crippen LogP contribution in [0.4, 0.5) is 5.13 Å². The second kappa shape index (κ2) is 7.04. The molecule has 0 bridgehead atoms. The minimum atomic E-state index is -0.835. The maximum absolute atomic E-state index is 13.4. The summed E-state index contributed by atoms with van der Waals surface area (Å²) >= 11 is 7.56. The van der Waals surface area contributed by atoms with Crippen LogP contribution in [-0.2, 0) is 16.1 Å². The van der Waals surface area contributed by atoms with Crippen LogP contribution in [0, 0.1) is 6.92 Å². The minimum absolute atomic E-state index is 0.0119. The molecule has 2 aromatic rings. The number of carbonyl (C=O) groups is 2. The van der Waals surface area contributed by atoms with Crippen molar-refractivity contribution in [2.45, 2.75) is 38.9 Å². The van der Waals surface area contributed by atoms with Crippen LogP contribution in [0.1, 0.15) is 25.1 Å². The molecule has 2 aliphatic heterocycles. The summed E-state index contributed by atoms with van der Waals surface area (Å²) < 4.78 is 0. The van der Waals surface area contributed by atoms with Crippen molar-refractivity contribution in [2.24, 2.45) is 0 Å². The van der Waals surface area contributed by atoms with Crippen LogP contribution in [0.15, 0.2) is 29.6 Å². The summed E-state index contributed by atoms with van der Waals surface area (Å²) in [5.41, 5.74) is 1.10. The number of aryl methyl sites for hydroxylation is 1. The number of thiazole rings is 1. The van der Waals surface area contributed by atoms with Crippen LogP contribution < -0.4 is 4.90 Å². The molecular formula is C20H23ClN4O2S. The van der Waals surface area contributed by atoms with Crippen molar-refractivity contribution in [3.8, 4) is 0 Å². The number of hydrogen-bond acceptors (Lipinski definition) is 5. The van der Waals surface area contributed by atoms with Crippen LogP contribution in [-0.4, -0.2) is 57.8 Å². The predicted molar refractivity (Wildman–Crippen MR) is 111 cm³/mol. The molecule has 0 saturated carbocycles. The molecule has 2 saturated heterocycles. The zero-order chi connectivity index (χ0) is 20.1. The van der Waals surface area contributed by atoms with Gasteiger partial charge in [0.15, 0.2) is 10.7 Å². The molecule has 148 valence electrons. The first-order valence-corrected chi connectivity index (χ1v) is 10.6. The Morgan fingerprint density at radius 3 is 2.46 bits per heavy atom. The molecule has 0 aliphatic carbocycles. The fourth-order valence-electron chi connectivity index (χ4n) is 3.87. The summed E-state index contributed by atoms with van der Waals surface area (Å²) in [5, 5.41) is 3.55. The highest BCUT2D eigenvalue weighted by Crippen LogP contribution is 2.39. The molecule has 0 N–H and O–H groups in total. The number of nitrogens with zero attached hydrogens (tertiary/aromatic N) is 4. The Kier molecular flexibility index (Phi) is 4.83. The first-order valence-electron chi connectivity index (χ1n) is 9.33. The van der Waals surface area contributed by atoms with Crippen molar-refractivity contribution < 1.29 is 9.59 Å². The molecule has 0 unspecified atom stereocenters. The van der Waals surface area contributed by atoms with E-state index in [4.69, 9.17) is 11.6 Å². The monoisotopic (exact) mass is 418 g/mol. The first kappa shape index (κ1) is 19.2. The smallest absolute Gasteiger partial charge is 0.252 e. The fraction of sp³-hybridized carbons (Fsp3) is 0.450. The lowest BCUT2D eigenvalue weighted by atomic mass is 9.83. The maximum atomic E-state index is 13.4. The molecule has 2 aliphatic rings. The van der Waals surface area contributed by atoms with Gasteiger partial charge in [-0.05, 0) is 38.5 Å². The van der Waals surface area contributed by atoms with Crippen molar-refractivity contribution in [3.63, 3.8) is 0 Å². The topological polar surface area (TPSA) is 56.8 Å². The number of carbonyl (C=O) groups excluding carboxylic acids is 2. The normalized spacial score (nSPS) is 19.0. The lowest BCUT2D eigenvalue weighted by Crippen LogP contribution is -2.81. The summed E-state index contributed by atoms with van der Waals surface area (Å²) in [5.74, 6) is 0.0128. The molecule has 0 radical (unpaired) electrons. The third-order valence-electron chi connectivity index (χ3n) is 5.44. The highest BCUT2D eigenvalue weighted by atomic mass is 35.5. The lowest BCUT2D eigenvalue weighted by molar-refractivity contribution is -0.170. The third kappa shape index (κ3) is 3.16. The summed E-state index contributed by atoms with van der Waals surface area (Å²) in [6.45, 7) is 7.34. The number of piperazine rings is 1. The van der Waals surface area contributed by atoms with Gasteiger partial charge < -0.3 is 14.7 Å². The number of rotatable bonds is 4. The predicted octanol–water partition coefficient (Wildman–Crippen LogP) is 2.94. The summed E-state index contributed by atoms with van der Waals surface area (Å²) in [7, 11) is 0. The number of benzene rings is 1. The zero-order valence-electron chi connectivity index (χ0n) is 16.2. The molecule has 1 aromatic heterocycles. The second-order valence-corrected chi connectivity index (χ2v) is 9.07. The first-order chi connectivity index (χ1) is 13.3. The molecule has 6 nitrogen and oxygen atoms in total. The zero-order valence-corrected chi connectivity index (χ0v) is 17.8. The average molecular weight is 419 g/mol. The number of hydrogen-bond donors (Lipinski definition) is 0. The lowest BCUT2D eigenvalue weighted by Gasteiger charge is -2.58. The van der Waals surface area contributed by atoms with E-state index >= 15 is 0 Å². The molecular weight excluding hydrogens is 396 g/mol. The van der Waals surface area contributed by atoms with Crippen molar-refractivity contribution in [3.05, 3.63) is 45.9 Å². The highest BCUT2D eigenvalue weighted by Gasteiger charge is 2.60. The molecule has 2 amide bonds. The van der Waals surface area contributed by atoms with Crippen molar-refractivity contribution >= 4 is 39.9 Å². The van der Waals surface area contributed by atoms with Crippen LogP contribution in [0.2, 0.25) is 5.02 Å². The van der Waals surface area contributed by atoms with Crippen LogP contribution in [0.3, 0.4) is 0 Å². The Morgan fingerprint density at radius 2 is 1.89 bits per heavy atom. The molecule has 3 heterocycles. The Hall–Kier alpha value is -2.12. The summed E-state index contributed by atoms with van der Waals surface area (Å²) in [6.07, 6.45) is 0. The van der Waals surface area contributed by atoms with Crippen molar-refractivity contribution in [1.82, 2.24) is 14.8 Å². The summed E-state index contributed by atoms with van der Waals surface area (Å²) in [6, 6.07) is 7.42. The van der Waals surface area contributed by atoms with Gasteiger partial charge in [0.05, 0.1) is 18.8 Å². The van der Waals surface area contributed by atoms with Gasteiger partial charge in [-0.15, -0.1) is 11.3 Å². The van der Waals surface area contributed by atoms with E-state index in [0.29, 0.717) is 24.7 Å². The van der Waals surface area contributed by atoms with Gasteiger partial charge >= 0.3 is 0 Å². The van der Waals surface area contributed by atoms with Gasteiger partial charge in [0.1, 0.15) is 6.54 Å². The molecule has 0 atom stereocenters. The van der Waals surface area contributed by atoms with E-state index in [1.807, 2.05) is 50.4 Å². The Balaban J connectivity index is 1.64. The SMILES string of the molecule is Cc1csc(N2CC3(C2)C(=O)N(C(C)C)CC(=O)N3Cc2ccc(Cl)cc2)n1. The largest absolute Gasteiger partial charge is 0.342 e. The average Bonchev–Trinajstić information content (AvgIpc) is 3.04. The van der Waals surface area contributed by atoms with Crippen LogP contribution >= 0.6 is 22.9 Å². The minimum Gasteiger partial charge on any atom is -0.342 e. The quantitative estimate of drug-likeness (QED) is 0.766. The standard InChI is InChI=1S/C20H23ClN4O2S/c1-13(2)24-9-17(26)25(8-15-4-6-16(21)7-5-15)20(18(24)27)11-23(12-20)19-22-14(3)10-28-19/h4-7,10,13H,8-9,11-12H2,1-3H3. The van der Waals surface area contributed by atoms with E-state index in [-0.39, 0.29) is 24.4 Å². The Labute approximate surface area is 173 Å². The van der Waals surface area contributed by atoms with E-state index in [9.17, 15) is 9.59 Å². The van der Waals surface area contributed by atoms with Gasteiger partial charge in [-0.2, -0.15) is 0 Å². The summed E-state index contributed by atoms with van der Waals surface area (Å²) in [4.78, 5) is 36.5. The highest BCUT2D eigenvalue weighted by molar-refractivity contribution is 7.13. The van der Waals surface area contributed by atoms with Gasteiger partial charge in [-0.1, -0.05) is 23.7 Å². The van der Waals surface area contributed by atoms with E-state index in [2.05, 4.69) is 9.88 Å². The Morgan fingerprint density at radius 1 is 1.21 bits per heavy atom. The van der Waals surface area contributed by atoms with Crippen LogP contribution in [0.25, 0.3) is 0 Å². The van der Waals surface area contributed by atoms with E-state index in [1.54, 1.807) is 21.1 Å². The number of anilines is 1. The molecule has 2 fully saturated rings. The molecule has 1 aromatic carbocycles. The molecule has 8 heteroatoms. The number of aromatic nitrogens is 1. The van der Waals surface area contributed by atoms with E-state index < -0.39 is 5.54 Å².